The predicted octanol–water partition coefficient (Wildman–Crippen LogP) is 5.87. The molecule has 0 bridgehead atoms. The summed E-state index contributed by atoms with van der Waals surface area (Å²) in [6, 6.07) is 30.2. The lowest BCUT2D eigenvalue weighted by Crippen LogP contribution is -2.34. The molecule has 0 N–H and O–H groups in total. The lowest BCUT2D eigenvalue weighted by Gasteiger charge is -2.12. The third-order valence-electron chi connectivity index (χ3n) is 6.56. The predicted molar refractivity (Wildman–Crippen MR) is 147 cm³/mol. The van der Waals surface area contributed by atoms with E-state index in [0.717, 1.165) is 33.6 Å². The van der Waals surface area contributed by atoms with Crippen molar-refractivity contribution in [3.63, 3.8) is 0 Å². The SMILES string of the molecule is Cc1oc(=O)oc1C[n+]1cccc(CCC(=O)Cc2ccc(COc3ccccc3-c3ccccc3)cc2)c1. The molecule has 0 aliphatic rings. The molecule has 39 heavy (non-hydrogen) atoms. The number of aryl methyl sites for hydroxylation is 2. The maximum Gasteiger partial charge on any atom is 0.519 e. The van der Waals surface area contributed by atoms with E-state index in [-0.39, 0.29) is 5.78 Å². The summed E-state index contributed by atoms with van der Waals surface area (Å²) in [6.07, 6.45) is 5.34. The molecular formula is C33H30NO5+. The first-order valence-electron chi connectivity index (χ1n) is 13.0. The highest BCUT2D eigenvalue weighted by atomic mass is 16.6. The van der Waals surface area contributed by atoms with E-state index in [1.807, 2.05) is 89.8 Å². The molecule has 5 rings (SSSR count). The number of pyridine rings is 1. The molecule has 0 radical (unpaired) electrons. The number of benzene rings is 3. The van der Waals surface area contributed by atoms with Crippen LogP contribution in [0.15, 0.2) is 117 Å². The van der Waals surface area contributed by atoms with Crippen LogP contribution in [0.3, 0.4) is 0 Å². The summed E-state index contributed by atoms with van der Waals surface area (Å²) in [4.78, 5) is 24.0. The van der Waals surface area contributed by atoms with Gasteiger partial charge in [0.05, 0.1) is 0 Å². The number of ether oxygens (including phenoxy) is 1. The summed E-state index contributed by atoms with van der Waals surface area (Å²) < 4.78 is 18.1. The van der Waals surface area contributed by atoms with Crippen molar-refractivity contribution in [2.45, 2.75) is 39.3 Å². The zero-order valence-corrected chi connectivity index (χ0v) is 21.8. The van der Waals surface area contributed by atoms with E-state index in [4.69, 9.17) is 13.6 Å². The maximum absolute atomic E-state index is 12.7. The smallest absolute Gasteiger partial charge is 0.488 e. The number of aromatic nitrogens is 1. The van der Waals surface area contributed by atoms with Gasteiger partial charge >= 0.3 is 5.82 Å². The Morgan fingerprint density at radius 1 is 0.821 bits per heavy atom. The van der Waals surface area contributed by atoms with Crippen LogP contribution in [0, 0.1) is 6.92 Å². The average Bonchev–Trinajstić information content (AvgIpc) is 3.28. The molecule has 0 aliphatic heterocycles. The molecule has 6 nitrogen and oxygen atoms in total. The highest BCUT2D eigenvalue weighted by Gasteiger charge is 2.14. The minimum absolute atomic E-state index is 0.183. The van der Waals surface area contributed by atoms with Crippen LogP contribution in [0.5, 0.6) is 5.75 Å². The number of hydrogen-bond acceptors (Lipinski definition) is 5. The molecule has 0 saturated heterocycles. The Balaban J connectivity index is 1.12. The van der Waals surface area contributed by atoms with Crippen LogP contribution in [0.25, 0.3) is 11.1 Å². The van der Waals surface area contributed by atoms with Crippen LogP contribution in [0.1, 0.15) is 34.6 Å². The topological polar surface area (TPSA) is 73.5 Å². The van der Waals surface area contributed by atoms with Gasteiger partial charge in [0, 0.05) is 30.0 Å². The number of Topliss-reactive ketones (excluding diaryl/α,β-unsaturated/α-hetero) is 1. The Hall–Kier alpha value is -4.71. The highest BCUT2D eigenvalue weighted by Crippen LogP contribution is 2.30. The fraction of sp³-hybridized carbons (Fsp3) is 0.182. The van der Waals surface area contributed by atoms with E-state index in [1.165, 1.54) is 0 Å². The van der Waals surface area contributed by atoms with Crippen LogP contribution < -0.4 is 15.1 Å². The van der Waals surface area contributed by atoms with Gasteiger partial charge in [0.15, 0.2) is 18.2 Å². The van der Waals surface area contributed by atoms with Gasteiger partial charge in [-0.1, -0.05) is 72.8 Å². The quantitative estimate of drug-likeness (QED) is 0.204. The zero-order chi connectivity index (χ0) is 27.0. The molecule has 2 heterocycles. The second kappa shape index (κ2) is 12.2. The molecule has 0 unspecified atom stereocenters. The molecule has 0 atom stereocenters. The van der Waals surface area contributed by atoms with Crippen molar-refractivity contribution in [1.29, 1.82) is 0 Å². The average molecular weight is 521 g/mol. The Labute approximate surface area is 227 Å². The van der Waals surface area contributed by atoms with Crippen molar-refractivity contribution in [3.05, 3.63) is 142 Å². The fourth-order valence-corrected chi connectivity index (χ4v) is 4.47. The molecule has 0 saturated carbocycles. The Morgan fingerprint density at radius 2 is 1.56 bits per heavy atom. The molecule has 0 aliphatic carbocycles. The van der Waals surface area contributed by atoms with Crippen molar-refractivity contribution in [2.24, 2.45) is 0 Å². The molecule has 0 fully saturated rings. The summed E-state index contributed by atoms with van der Waals surface area (Å²) in [5, 5.41) is 0. The van der Waals surface area contributed by atoms with E-state index in [9.17, 15) is 9.59 Å². The lowest BCUT2D eigenvalue weighted by atomic mass is 10.0. The molecule has 0 spiro atoms. The molecule has 5 aromatic rings. The first-order valence-corrected chi connectivity index (χ1v) is 13.0. The van der Waals surface area contributed by atoms with Crippen molar-refractivity contribution < 1.29 is 22.9 Å². The van der Waals surface area contributed by atoms with Gasteiger partial charge in [-0.05, 0) is 42.2 Å². The molecule has 196 valence electrons. The molecular weight excluding hydrogens is 490 g/mol. The largest absolute Gasteiger partial charge is 0.519 e. The fourth-order valence-electron chi connectivity index (χ4n) is 4.47. The van der Waals surface area contributed by atoms with E-state index >= 15 is 0 Å². The van der Waals surface area contributed by atoms with Crippen molar-refractivity contribution >= 4 is 5.78 Å². The normalized spacial score (nSPS) is 10.9. The van der Waals surface area contributed by atoms with Crippen LogP contribution in [-0.2, 0) is 30.8 Å². The first kappa shape index (κ1) is 25.9. The summed E-state index contributed by atoms with van der Waals surface area (Å²) in [5.41, 5.74) is 5.26. The summed E-state index contributed by atoms with van der Waals surface area (Å²) in [6.45, 7) is 2.55. The van der Waals surface area contributed by atoms with Gasteiger partial charge in [-0.25, -0.2) is 4.79 Å². The molecule has 3 aromatic carbocycles. The van der Waals surface area contributed by atoms with Crippen LogP contribution >= 0.6 is 0 Å². The van der Waals surface area contributed by atoms with Crippen molar-refractivity contribution in [2.75, 3.05) is 0 Å². The number of carbonyl (C=O) groups is 1. The minimum atomic E-state index is -0.696. The highest BCUT2D eigenvalue weighted by molar-refractivity contribution is 5.81. The van der Waals surface area contributed by atoms with Gasteiger partial charge in [-0.2, -0.15) is 4.57 Å². The third-order valence-corrected chi connectivity index (χ3v) is 6.56. The number of nitrogens with zero attached hydrogens (tertiary/aromatic N) is 1. The van der Waals surface area contributed by atoms with Crippen molar-refractivity contribution in [1.82, 2.24) is 0 Å². The first-order chi connectivity index (χ1) is 19.0. The number of hydrogen-bond donors (Lipinski definition) is 0. The van der Waals surface area contributed by atoms with Gasteiger partial charge in [0.1, 0.15) is 18.1 Å². The Morgan fingerprint density at radius 3 is 2.33 bits per heavy atom. The lowest BCUT2D eigenvalue weighted by molar-refractivity contribution is -0.690. The number of ketones is 1. The Kier molecular flexibility index (Phi) is 8.12. The minimum Gasteiger partial charge on any atom is -0.488 e. The standard InChI is InChI=1S/C33H30NO5/c1-24-32(39-33(36)38-24)22-34-19-7-8-26(21-34)17-18-29(35)20-25-13-15-27(16-14-25)23-37-31-12-6-5-11-30(31)28-9-3-2-4-10-28/h2-16,19,21H,17-18,20,22-23H2,1H3/q+1. The molecule has 2 aromatic heterocycles. The van der Waals surface area contributed by atoms with Crippen LogP contribution in [-0.4, -0.2) is 5.78 Å². The van der Waals surface area contributed by atoms with Gasteiger partial charge in [-0.15, -0.1) is 0 Å². The van der Waals surface area contributed by atoms with Gasteiger partial charge in [0.25, 0.3) is 0 Å². The van der Waals surface area contributed by atoms with E-state index in [0.29, 0.717) is 43.9 Å². The number of rotatable bonds is 11. The monoisotopic (exact) mass is 520 g/mol. The number of para-hydroxylation sites is 1. The van der Waals surface area contributed by atoms with E-state index < -0.39 is 5.82 Å². The van der Waals surface area contributed by atoms with E-state index in [1.54, 1.807) is 6.92 Å². The maximum atomic E-state index is 12.7. The molecule has 0 amide bonds. The van der Waals surface area contributed by atoms with Crippen LogP contribution in [0.4, 0.5) is 0 Å². The second-order valence-corrected chi connectivity index (χ2v) is 9.50. The third kappa shape index (κ3) is 6.99. The van der Waals surface area contributed by atoms with Gasteiger partial charge in [-0.3, -0.25) is 4.79 Å². The Bertz CT molecular complexity index is 1600. The van der Waals surface area contributed by atoms with Crippen molar-refractivity contribution in [3.8, 4) is 16.9 Å². The van der Waals surface area contributed by atoms with E-state index in [2.05, 4.69) is 18.2 Å². The molecule has 6 heteroatoms. The van der Waals surface area contributed by atoms with Gasteiger partial charge < -0.3 is 13.6 Å². The second-order valence-electron chi connectivity index (χ2n) is 9.50. The summed E-state index contributed by atoms with van der Waals surface area (Å²) in [5.74, 6) is 1.30. The van der Waals surface area contributed by atoms with Crippen LogP contribution in [0.2, 0.25) is 0 Å². The summed E-state index contributed by atoms with van der Waals surface area (Å²) in [7, 11) is 0. The van der Waals surface area contributed by atoms with Gasteiger partial charge in [0.2, 0.25) is 12.3 Å². The summed E-state index contributed by atoms with van der Waals surface area (Å²) >= 11 is 0. The zero-order valence-electron chi connectivity index (χ0n) is 21.8. The number of carbonyl (C=O) groups excluding carboxylic acids is 1.